The predicted octanol–water partition coefficient (Wildman–Crippen LogP) is 5.67. The van der Waals surface area contributed by atoms with Gasteiger partial charge < -0.3 is 30.2 Å². The van der Waals surface area contributed by atoms with Crippen molar-refractivity contribution in [3.63, 3.8) is 0 Å². The molecule has 1 atom stereocenters. The second-order valence-corrected chi connectivity index (χ2v) is 16.3. The number of hydrogen-bond acceptors (Lipinski definition) is 5. The number of amides is 5. The molecule has 4 aliphatic rings. The van der Waals surface area contributed by atoms with Gasteiger partial charge in [-0.05, 0) is 99.7 Å². The quantitative estimate of drug-likeness (QED) is 0.373. The molecule has 3 saturated heterocycles. The van der Waals surface area contributed by atoms with Crippen molar-refractivity contribution >= 4 is 29.4 Å². The Bertz CT molecular complexity index is 1550. The molecule has 4 heterocycles. The maximum atomic E-state index is 14.4. The first-order valence-electron chi connectivity index (χ1n) is 18.8. The number of urea groups is 1. The van der Waals surface area contributed by atoms with Gasteiger partial charge in [0, 0.05) is 56.1 Å². The molecule has 0 unspecified atom stereocenters. The molecule has 2 N–H and O–H groups in total. The Kier molecular flexibility index (Phi) is 10.9. The van der Waals surface area contributed by atoms with E-state index in [1.165, 1.54) is 19.3 Å². The van der Waals surface area contributed by atoms with Gasteiger partial charge in [-0.25, -0.2) is 4.79 Å². The van der Waals surface area contributed by atoms with Crippen molar-refractivity contribution < 1.29 is 19.2 Å². The van der Waals surface area contributed by atoms with E-state index in [1.807, 2.05) is 52.3 Å². The Morgan fingerprint density at radius 1 is 0.800 bits per heavy atom. The number of likely N-dealkylation sites (tertiary alicyclic amines) is 3. The Labute approximate surface area is 297 Å². The summed E-state index contributed by atoms with van der Waals surface area (Å²) >= 11 is 0. The maximum Gasteiger partial charge on any atom is 0.322 e. The molecule has 6 rings (SSSR count). The van der Waals surface area contributed by atoms with Crippen LogP contribution in [0.4, 0.5) is 10.5 Å². The molecule has 2 aromatic carbocycles. The van der Waals surface area contributed by atoms with Gasteiger partial charge in [0.05, 0.1) is 6.42 Å². The largest absolute Gasteiger partial charge is 0.342 e. The van der Waals surface area contributed by atoms with Gasteiger partial charge in [0.15, 0.2) is 0 Å². The minimum Gasteiger partial charge on any atom is -0.342 e. The fourth-order valence-electron chi connectivity index (χ4n) is 8.36. The Morgan fingerprint density at radius 3 is 2.16 bits per heavy atom. The number of fused-ring (bicyclic) bond motifs is 1. The number of nitrogens with one attached hydrogen (secondary N) is 2. The zero-order valence-electron chi connectivity index (χ0n) is 30.5. The van der Waals surface area contributed by atoms with Crippen molar-refractivity contribution in [3.05, 3.63) is 65.2 Å². The highest BCUT2D eigenvalue weighted by molar-refractivity contribution is 6.01. The van der Waals surface area contributed by atoms with Crippen LogP contribution in [0.15, 0.2) is 48.5 Å². The molecule has 50 heavy (non-hydrogen) atoms. The van der Waals surface area contributed by atoms with Gasteiger partial charge in [0.1, 0.15) is 5.54 Å². The molecule has 4 aliphatic heterocycles. The normalized spacial score (nSPS) is 20.9. The van der Waals surface area contributed by atoms with Gasteiger partial charge in [-0.2, -0.15) is 0 Å². The average molecular weight is 685 g/mol. The van der Waals surface area contributed by atoms with Gasteiger partial charge in [-0.1, -0.05) is 57.5 Å². The molecule has 0 bridgehead atoms. The van der Waals surface area contributed by atoms with Crippen LogP contribution < -0.4 is 10.6 Å². The van der Waals surface area contributed by atoms with E-state index < -0.39 is 5.54 Å². The first-order valence-corrected chi connectivity index (χ1v) is 18.8. The summed E-state index contributed by atoms with van der Waals surface area (Å²) in [4.78, 5) is 63.4. The van der Waals surface area contributed by atoms with Crippen molar-refractivity contribution in [1.29, 1.82) is 0 Å². The van der Waals surface area contributed by atoms with Crippen molar-refractivity contribution in [2.24, 2.45) is 5.41 Å². The van der Waals surface area contributed by atoms with Gasteiger partial charge in [0.2, 0.25) is 11.8 Å². The zero-order valence-corrected chi connectivity index (χ0v) is 30.5. The van der Waals surface area contributed by atoms with Gasteiger partial charge in [-0.3, -0.25) is 14.4 Å². The molecule has 0 spiro atoms. The summed E-state index contributed by atoms with van der Waals surface area (Å²) in [5.74, 6) is -0.693. The van der Waals surface area contributed by atoms with E-state index in [4.69, 9.17) is 0 Å². The monoisotopic (exact) mass is 684 g/mol. The lowest BCUT2D eigenvalue weighted by atomic mass is 9.87. The summed E-state index contributed by atoms with van der Waals surface area (Å²) in [6, 6.07) is 15.8. The summed E-state index contributed by atoms with van der Waals surface area (Å²) in [6.45, 7) is 13.2. The predicted molar refractivity (Wildman–Crippen MR) is 196 cm³/mol. The van der Waals surface area contributed by atoms with Gasteiger partial charge in [0.25, 0.3) is 5.91 Å². The summed E-state index contributed by atoms with van der Waals surface area (Å²) in [5, 5.41) is 6.07. The summed E-state index contributed by atoms with van der Waals surface area (Å²) in [7, 11) is 0. The third kappa shape index (κ3) is 8.50. The van der Waals surface area contributed by atoms with Crippen LogP contribution in [0.25, 0.3) is 0 Å². The molecule has 2 aromatic rings. The number of benzene rings is 2. The molecule has 0 saturated carbocycles. The van der Waals surface area contributed by atoms with Crippen LogP contribution in [-0.2, 0) is 22.6 Å². The number of rotatable bonds is 8. The molecular weight excluding hydrogens is 628 g/mol. The van der Waals surface area contributed by atoms with E-state index in [2.05, 4.69) is 36.3 Å². The number of para-hydroxylation sites is 1. The lowest BCUT2D eigenvalue weighted by Gasteiger charge is -2.43. The second-order valence-electron chi connectivity index (χ2n) is 16.3. The van der Waals surface area contributed by atoms with Crippen LogP contribution in [0.3, 0.4) is 0 Å². The number of carbonyl (C=O) groups is 4. The lowest BCUT2D eigenvalue weighted by Crippen LogP contribution is -2.62. The first kappa shape index (κ1) is 35.9. The minimum absolute atomic E-state index is 0.0155. The van der Waals surface area contributed by atoms with E-state index in [9.17, 15) is 19.2 Å². The van der Waals surface area contributed by atoms with E-state index in [0.29, 0.717) is 57.2 Å². The van der Waals surface area contributed by atoms with Crippen LogP contribution in [-0.4, -0.2) is 100 Å². The Hall–Kier alpha value is -3.92. The average Bonchev–Trinajstić information content (AvgIpc) is 3.11. The number of nitrogens with zero attached hydrogens (tertiary/aromatic N) is 4. The van der Waals surface area contributed by atoms with Crippen LogP contribution in [0, 0.1) is 5.41 Å². The standard InChI is InChI=1S/C40H56N6O4/c1-39(2,3)26-29-11-10-13-30(25-29)36(48)42-40(4,37(49)45-23-15-32(16-24-45)43-19-8-5-9-20-43)27-35(47)44-21-17-33(18-22-44)46-28-31-12-6-7-14-34(31)41-38(46)50/h6-7,10-14,25,32-33H,5,8-9,15-24,26-28H2,1-4H3,(H,41,50)(H,42,48)/t40-/m0/s1. The van der Waals surface area contributed by atoms with Crippen LogP contribution in [0.2, 0.25) is 0 Å². The van der Waals surface area contributed by atoms with Gasteiger partial charge >= 0.3 is 6.03 Å². The van der Waals surface area contributed by atoms with Gasteiger partial charge in [-0.15, -0.1) is 0 Å². The SMILES string of the molecule is CC(C)(C)Cc1cccc(C(=O)N[C@@](C)(CC(=O)N2CCC(N3Cc4ccccc4NC3=O)CC2)C(=O)N2CCC(N3CCCCC3)CC2)c1. The number of anilines is 1. The maximum absolute atomic E-state index is 14.4. The third-order valence-electron chi connectivity index (χ3n) is 11.1. The van der Waals surface area contributed by atoms with Crippen LogP contribution >= 0.6 is 0 Å². The van der Waals surface area contributed by atoms with Crippen molar-refractivity contribution in [2.45, 2.75) is 110 Å². The fourth-order valence-corrected chi connectivity index (χ4v) is 8.36. The first-order chi connectivity index (χ1) is 23.9. The smallest absolute Gasteiger partial charge is 0.322 e. The van der Waals surface area contributed by atoms with E-state index in [-0.39, 0.29) is 41.6 Å². The molecule has 10 nitrogen and oxygen atoms in total. The summed E-state index contributed by atoms with van der Waals surface area (Å²) < 4.78 is 0. The van der Waals surface area contributed by atoms with Crippen molar-refractivity contribution in [3.8, 4) is 0 Å². The number of carbonyl (C=O) groups excluding carboxylic acids is 4. The molecule has 3 fully saturated rings. The van der Waals surface area contributed by atoms with E-state index in [1.54, 1.807) is 17.9 Å². The fraction of sp³-hybridized carbons (Fsp3) is 0.600. The number of piperidine rings is 3. The summed E-state index contributed by atoms with van der Waals surface area (Å²) in [5.41, 5.74) is 2.14. The van der Waals surface area contributed by atoms with Crippen LogP contribution in [0.5, 0.6) is 0 Å². The van der Waals surface area contributed by atoms with E-state index in [0.717, 1.165) is 49.2 Å². The molecule has 0 aromatic heterocycles. The Morgan fingerprint density at radius 2 is 1.46 bits per heavy atom. The molecule has 0 aliphatic carbocycles. The molecule has 10 heteroatoms. The zero-order chi connectivity index (χ0) is 35.5. The Balaban J connectivity index is 1.13. The third-order valence-corrected chi connectivity index (χ3v) is 11.1. The molecular formula is C40H56N6O4. The van der Waals surface area contributed by atoms with Crippen LogP contribution in [0.1, 0.15) is 101 Å². The second kappa shape index (κ2) is 15.1. The summed E-state index contributed by atoms with van der Waals surface area (Å²) in [6.07, 6.45) is 7.58. The van der Waals surface area contributed by atoms with Crippen molar-refractivity contribution in [1.82, 2.24) is 24.9 Å². The lowest BCUT2D eigenvalue weighted by molar-refractivity contribution is -0.145. The topological polar surface area (TPSA) is 105 Å². The molecule has 270 valence electrons. The highest BCUT2D eigenvalue weighted by Gasteiger charge is 2.43. The highest BCUT2D eigenvalue weighted by atomic mass is 16.2. The molecule has 5 amide bonds. The minimum atomic E-state index is -1.40. The molecule has 0 radical (unpaired) electrons. The number of hydrogen-bond donors (Lipinski definition) is 2. The van der Waals surface area contributed by atoms with E-state index >= 15 is 0 Å². The van der Waals surface area contributed by atoms with Crippen molar-refractivity contribution in [2.75, 3.05) is 44.6 Å². The highest BCUT2D eigenvalue weighted by Crippen LogP contribution is 2.29.